The van der Waals surface area contributed by atoms with E-state index in [0.717, 1.165) is 24.7 Å². The van der Waals surface area contributed by atoms with Crippen LogP contribution in [0, 0.1) is 11.8 Å². The van der Waals surface area contributed by atoms with Crippen molar-refractivity contribution in [3.8, 4) is 0 Å². The summed E-state index contributed by atoms with van der Waals surface area (Å²) < 4.78 is 0. The van der Waals surface area contributed by atoms with Gasteiger partial charge in [0.25, 0.3) is 0 Å². The predicted octanol–water partition coefficient (Wildman–Crippen LogP) is 4.37. The third-order valence-electron chi connectivity index (χ3n) is 2.92. The molecule has 0 aromatic heterocycles. The van der Waals surface area contributed by atoms with Crippen LogP contribution in [-0.4, -0.2) is 6.29 Å². The number of carbonyl (C=O) groups is 1. The van der Waals surface area contributed by atoms with Crippen LogP contribution in [0.1, 0.15) is 59.8 Å². The monoisotopic (exact) mass is 210 g/mol. The molecule has 2 atom stereocenters. The van der Waals surface area contributed by atoms with Gasteiger partial charge in [0.05, 0.1) is 0 Å². The lowest BCUT2D eigenvalue weighted by Crippen LogP contribution is -2.03. The summed E-state index contributed by atoms with van der Waals surface area (Å²) in [6, 6.07) is 0. The van der Waals surface area contributed by atoms with Gasteiger partial charge in [-0.25, -0.2) is 0 Å². The fourth-order valence-corrected chi connectivity index (χ4v) is 1.86. The summed E-state index contributed by atoms with van der Waals surface area (Å²) in [6.07, 6.45) is 9.17. The van der Waals surface area contributed by atoms with Crippen LogP contribution in [0.5, 0.6) is 0 Å². The highest BCUT2D eigenvalue weighted by Gasteiger charge is 2.08. The van der Waals surface area contributed by atoms with E-state index < -0.39 is 0 Å². The highest BCUT2D eigenvalue weighted by molar-refractivity contribution is 5.73. The molecule has 0 fully saturated rings. The molecule has 0 aliphatic rings. The van der Waals surface area contributed by atoms with Crippen molar-refractivity contribution < 1.29 is 4.79 Å². The highest BCUT2D eigenvalue weighted by atomic mass is 16.1. The maximum absolute atomic E-state index is 11.0. The highest BCUT2D eigenvalue weighted by Crippen LogP contribution is 2.19. The van der Waals surface area contributed by atoms with E-state index in [0.29, 0.717) is 11.8 Å². The Balaban J connectivity index is 4.23. The molecule has 0 aromatic rings. The second-order valence-electron chi connectivity index (χ2n) is 4.59. The molecule has 1 heteroatoms. The number of hydrogen-bond acceptors (Lipinski definition) is 1. The Morgan fingerprint density at radius 2 is 1.80 bits per heavy atom. The molecule has 0 bridgehead atoms. The zero-order valence-electron chi connectivity index (χ0n) is 10.8. The summed E-state index contributed by atoms with van der Waals surface area (Å²) in [5.74, 6) is 0.973. The smallest absolute Gasteiger partial charge is 0.145 e. The van der Waals surface area contributed by atoms with Crippen LogP contribution in [0.2, 0.25) is 0 Å². The van der Waals surface area contributed by atoms with E-state index in [1.165, 1.54) is 19.3 Å². The number of carbonyl (C=O) groups excluding carboxylic acids is 1. The van der Waals surface area contributed by atoms with E-state index in [-0.39, 0.29) is 0 Å². The maximum atomic E-state index is 11.0. The molecular weight excluding hydrogens is 184 g/mol. The zero-order chi connectivity index (χ0) is 11.7. The lowest BCUT2D eigenvalue weighted by atomic mass is 9.92. The van der Waals surface area contributed by atoms with Crippen molar-refractivity contribution in [2.24, 2.45) is 11.8 Å². The largest absolute Gasteiger partial charge is 0.298 e. The van der Waals surface area contributed by atoms with Crippen LogP contribution in [0.3, 0.4) is 0 Å². The van der Waals surface area contributed by atoms with Crippen molar-refractivity contribution in [3.05, 3.63) is 11.6 Å². The van der Waals surface area contributed by atoms with Crippen LogP contribution >= 0.6 is 0 Å². The second kappa shape index (κ2) is 8.70. The normalized spacial score (nSPS) is 16.1. The Bertz CT molecular complexity index is 194. The fraction of sp³-hybridized carbons (Fsp3) is 0.786. The third kappa shape index (κ3) is 6.48. The topological polar surface area (TPSA) is 17.1 Å². The quantitative estimate of drug-likeness (QED) is 0.429. The van der Waals surface area contributed by atoms with E-state index in [2.05, 4.69) is 33.8 Å². The van der Waals surface area contributed by atoms with Gasteiger partial charge in [-0.1, -0.05) is 53.0 Å². The van der Waals surface area contributed by atoms with Crippen LogP contribution in [-0.2, 0) is 4.79 Å². The molecule has 0 radical (unpaired) electrons. The van der Waals surface area contributed by atoms with Gasteiger partial charge in [0.1, 0.15) is 6.29 Å². The van der Waals surface area contributed by atoms with Crippen molar-refractivity contribution in [2.75, 3.05) is 0 Å². The average molecular weight is 210 g/mol. The van der Waals surface area contributed by atoms with Crippen molar-refractivity contribution >= 4 is 6.29 Å². The number of allylic oxidation sites excluding steroid dienone is 2. The summed E-state index contributed by atoms with van der Waals surface area (Å²) >= 11 is 0. The molecule has 15 heavy (non-hydrogen) atoms. The van der Waals surface area contributed by atoms with E-state index in [9.17, 15) is 4.79 Å². The summed E-state index contributed by atoms with van der Waals surface area (Å²) in [5, 5.41) is 0. The number of unbranched alkanes of at least 4 members (excludes halogenated alkanes) is 1. The van der Waals surface area contributed by atoms with Crippen LogP contribution in [0.25, 0.3) is 0 Å². The summed E-state index contributed by atoms with van der Waals surface area (Å²) in [7, 11) is 0. The first-order valence-electron chi connectivity index (χ1n) is 6.32. The Labute approximate surface area is 95.0 Å². The van der Waals surface area contributed by atoms with Crippen molar-refractivity contribution in [1.82, 2.24) is 0 Å². The molecule has 0 N–H and O–H groups in total. The summed E-state index contributed by atoms with van der Waals surface area (Å²) in [6.45, 7) is 8.73. The van der Waals surface area contributed by atoms with Crippen LogP contribution in [0.4, 0.5) is 0 Å². The van der Waals surface area contributed by atoms with E-state index in [1.807, 2.05) is 0 Å². The maximum Gasteiger partial charge on any atom is 0.145 e. The first kappa shape index (κ1) is 14.4. The van der Waals surface area contributed by atoms with Gasteiger partial charge >= 0.3 is 0 Å². The Hall–Kier alpha value is -0.590. The van der Waals surface area contributed by atoms with Gasteiger partial charge in [-0.2, -0.15) is 0 Å². The minimum Gasteiger partial charge on any atom is -0.298 e. The van der Waals surface area contributed by atoms with Crippen LogP contribution < -0.4 is 0 Å². The van der Waals surface area contributed by atoms with Crippen molar-refractivity contribution in [2.45, 2.75) is 59.8 Å². The van der Waals surface area contributed by atoms with Gasteiger partial charge in [0.15, 0.2) is 0 Å². The van der Waals surface area contributed by atoms with Gasteiger partial charge in [0.2, 0.25) is 0 Å². The van der Waals surface area contributed by atoms with Gasteiger partial charge in [-0.3, -0.25) is 4.79 Å². The Morgan fingerprint density at radius 1 is 1.13 bits per heavy atom. The molecule has 0 saturated heterocycles. The number of rotatable bonds is 8. The second-order valence-corrected chi connectivity index (χ2v) is 4.59. The zero-order valence-corrected chi connectivity index (χ0v) is 10.8. The van der Waals surface area contributed by atoms with Gasteiger partial charge < -0.3 is 0 Å². The number of aldehydes is 1. The first-order chi connectivity index (χ1) is 7.15. The van der Waals surface area contributed by atoms with Crippen LogP contribution in [0.15, 0.2) is 11.6 Å². The third-order valence-corrected chi connectivity index (χ3v) is 2.92. The molecular formula is C14H26O. The standard InChI is InChI=1S/C14H26O/c1-5-7-9-12(3)10-14(11-15)13(4)8-6-2/h10-13H,5-9H2,1-4H3/b14-10+. The molecule has 2 unspecified atom stereocenters. The Kier molecular flexibility index (Phi) is 8.35. The molecule has 0 saturated carbocycles. The average Bonchev–Trinajstić information content (AvgIpc) is 2.23. The molecule has 0 amide bonds. The van der Waals surface area contributed by atoms with Gasteiger partial charge in [-0.15, -0.1) is 0 Å². The first-order valence-corrected chi connectivity index (χ1v) is 6.32. The lowest BCUT2D eigenvalue weighted by Gasteiger charge is -2.12. The molecule has 0 heterocycles. The molecule has 0 rings (SSSR count). The predicted molar refractivity (Wildman–Crippen MR) is 66.9 cm³/mol. The molecule has 0 aliphatic carbocycles. The van der Waals surface area contributed by atoms with E-state index in [4.69, 9.17) is 0 Å². The minimum absolute atomic E-state index is 0.427. The lowest BCUT2D eigenvalue weighted by molar-refractivity contribution is -0.105. The molecule has 0 aliphatic heterocycles. The van der Waals surface area contributed by atoms with E-state index >= 15 is 0 Å². The molecule has 88 valence electrons. The van der Waals surface area contributed by atoms with Crippen molar-refractivity contribution in [1.29, 1.82) is 0 Å². The molecule has 1 nitrogen and oxygen atoms in total. The molecule has 0 spiro atoms. The summed E-state index contributed by atoms with van der Waals surface area (Å²) in [4.78, 5) is 11.0. The molecule has 0 aromatic carbocycles. The summed E-state index contributed by atoms with van der Waals surface area (Å²) in [5.41, 5.74) is 1.00. The van der Waals surface area contributed by atoms with Gasteiger partial charge in [-0.05, 0) is 30.3 Å². The minimum atomic E-state index is 0.427. The number of hydrogen-bond donors (Lipinski definition) is 0. The van der Waals surface area contributed by atoms with E-state index in [1.54, 1.807) is 0 Å². The SMILES string of the molecule is CCCCC(C)/C=C(\C=O)C(C)CCC. The Morgan fingerprint density at radius 3 is 2.27 bits per heavy atom. The van der Waals surface area contributed by atoms with Gasteiger partial charge in [0, 0.05) is 0 Å². The fourth-order valence-electron chi connectivity index (χ4n) is 1.86. The van der Waals surface area contributed by atoms with Crippen molar-refractivity contribution in [3.63, 3.8) is 0 Å².